The molecule has 0 aliphatic heterocycles. The lowest BCUT2D eigenvalue weighted by Gasteiger charge is -2.17. The minimum absolute atomic E-state index is 0.174. The van der Waals surface area contributed by atoms with E-state index in [1.807, 2.05) is 38.2 Å². The van der Waals surface area contributed by atoms with Crippen LogP contribution < -0.4 is 5.73 Å². The Labute approximate surface area is 117 Å². The number of nitrogens with zero attached hydrogens (tertiary/aromatic N) is 1. The van der Waals surface area contributed by atoms with Gasteiger partial charge in [0.05, 0.1) is 0 Å². The molecule has 0 saturated heterocycles. The zero-order chi connectivity index (χ0) is 13.5. The monoisotopic (exact) mass is 312 g/mol. The average Bonchev–Trinajstić information content (AvgIpc) is 2.28. The first-order valence-corrected chi connectivity index (χ1v) is 7.02. The number of nitrogens with two attached hydrogens (primary N) is 1. The second-order valence-corrected chi connectivity index (χ2v) is 5.66. The molecule has 1 aromatic carbocycles. The number of hydrogen-bond acceptors (Lipinski definition) is 2. The summed E-state index contributed by atoms with van der Waals surface area (Å²) in [5.74, 6) is 0.177. The number of rotatable bonds is 6. The van der Waals surface area contributed by atoms with E-state index in [1.165, 1.54) is 0 Å². The van der Waals surface area contributed by atoms with Crippen molar-refractivity contribution in [3.63, 3.8) is 0 Å². The van der Waals surface area contributed by atoms with E-state index in [9.17, 15) is 4.79 Å². The van der Waals surface area contributed by atoms with Crippen LogP contribution in [-0.4, -0.2) is 23.9 Å². The van der Waals surface area contributed by atoms with E-state index in [2.05, 4.69) is 15.9 Å². The molecule has 3 nitrogen and oxygen atoms in total. The Morgan fingerprint density at radius 1 is 1.50 bits per heavy atom. The molecule has 1 rings (SSSR count). The molecule has 0 saturated carbocycles. The third-order valence-electron chi connectivity index (χ3n) is 2.78. The van der Waals surface area contributed by atoms with Crippen LogP contribution in [0.25, 0.3) is 0 Å². The van der Waals surface area contributed by atoms with Gasteiger partial charge in [0, 0.05) is 30.5 Å². The molecule has 1 amide bonds. The SMILES string of the molecule is CC(N)CCCC(=O)N(C)Cc1cccc(Br)c1. The van der Waals surface area contributed by atoms with Gasteiger partial charge in [-0.15, -0.1) is 0 Å². The van der Waals surface area contributed by atoms with Gasteiger partial charge in [0.15, 0.2) is 0 Å². The smallest absolute Gasteiger partial charge is 0.222 e. The summed E-state index contributed by atoms with van der Waals surface area (Å²) >= 11 is 3.43. The molecule has 0 aliphatic carbocycles. The van der Waals surface area contributed by atoms with Crippen LogP contribution in [0.4, 0.5) is 0 Å². The molecule has 1 unspecified atom stereocenters. The number of carbonyl (C=O) groups is 1. The van der Waals surface area contributed by atoms with E-state index in [0.29, 0.717) is 13.0 Å². The predicted octanol–water partition coefficient (Wildman–Crippen LogP) is 2.93. The van der Waals surface area contributed by atoms with Crippen molar-refractivity contribution in [2.75, 3.05) is 7.05 Å². The fourth-order valence-corrected chi connectivity index (χ4v) is 2.21. The molecule has 0 radical (unpaired) electrons. The van der Waals surface area contributed by atoms with Crippen molar-refractivity contribution in [1.29, 1.82) is 0 Å². The summed E-state index contributed by atoms with van der Waals surface area (Å²) in [7, 11) is 1.84. The van der Waals surface area contributed by atoms with Crippen molar-refractivity contribution in [3.05, 3.63) is 34.3 Å². The molecule has 1 atom stereocenters. The molecule has 0 aromatic heterocycles. The molecule has 18 heavy (non-hydrogen) atoms. The highest BCUT2D eigenvalue weighted by molar-refractivity contribution is 9.10. The zero-order valence-electron chi connectivity index (χ0n) is 11.0. The third-order valence-corrected chi connectivity index (χ3v) is 3.28. The van der Waals surface area contributed by atoms with Crippen molar-refractivity contribution < 1.29 is 4.79 Å². The fourth-order valence-electron chi connectivity index (χ4n) is 1.76. The molecule has 2 N–H and O–H groups in total. The van der Waals surface area contributed by atoms with Crippen molar-refractivity contribution in [1.82, 2.24) is 4.90 Å². The van der Waals surface area contributed by atoms with Crippen LogP contribution in [0.1, 0.15) is 31.7 Å². The zero-order valence-corrected chi connectivity index (χ0v) is 12.6. The average molecular weight is 313 g/mol. The maximum atomic E-state index is 11.9. The summed E-state index contributed by atoms with van der Waals surface area (Å²) in [4.78, 5) is 13.7. The van der Waals surface area contributed by atoms with Gasteiger partial charge in [-0.3, -0.25) is 4.79 Å². The number of benzene rings is 1. The fraction of sp³-hybridized carbons (Fsp3) is 0.500. The largest absolute Gasteiger partial charge is 0.341 e. The third kappa shape index (κ3) is 5.65. The van der Waals surface area contributed by atoms with E-state index in [-0.39, 0.29) is 11.9 Å². The predicted molar refractivity (Wildman–Crippen MR) is 78.1 cm³/mol. The number of carbonyl (C=O) groups excluding carboxylic acids is 1. The highest BCUT2D eigenvalue weighted by Gasteiger charge is 2.09. The van der Waals surface area contributed by atoms with E-state index >= 15 is 0 Å². The van der Waals surface area contributed by atoms with E-state index in [0.717, 1.165) is 22.9 Å². The highest BCUT2D eigenvalue weighted by Crippen LogP contribution is 2.13. The van der Waals surface area contributed by atoms with Gasteiger partial charge in [-0.25, -0.2) is 0 Å². The Morgan fingerprint density at radius 2 is 2.22 bits per heavy atom. The van der Waals surface area contributed by atoms with Crippen molar-refractivity contribution in [2.45, 2.75) is 38.8 Å². The lowest BCUT2D eigenvalue weighted by atomic mass is 10.1. The Morgan fingerprint density at radius 3 is 2.83 bits per heavy atom. The van der Waals surface area contributed by atoms with Crippen molar-refractivity contribution in [2.24, 2.45) is 5.73 Å². The first-order valence-electron chi connectivity index (χ1n) is 6.23. The van der Waals surface area contributed by atoms with Gasteiger partial charge >= 0.3 is 0 Å². The van der Waals surface area contributed by atoms with Gasteiger partial charge in [0.25, 0.3) is 0 Å². The lowest BCUT2D eigenvalue weighted by molar-refractivity contribution is -0.130. The summed E-state index contributed by atoms with van der Waals surface area (Å²) in [6.07, 6.45) is 2.34. The summed E-state index contributed by atoms with van der Waals surface area (Å²) in [5.41, 5.74) is 6.80. The van der Waals surface area contributed by atoms with E-state index < -0.39 is 0 Å². The topological polar surface area (TPSA) is 46.3 Å². The van der Waals surface area contributed by atoms with Crippen molar-refractivity contribution >= 4 is 21.8 Å². The minimum Gasteiger partial charge on any atom is -0.341 e. The summed E-state index contributed by atoms with van der Waals surface area (Å²) in [5, 5.41) is 0. The Hall–Kier alpha value is -0.870. The Kier molecular flexibility index (Phi) is 6.36. The number of halogens is 1. The van der Waals surface area contributed by atoms with Crippen LogP contribution in [0.3, 0.4) is 0 Å². The first-order chi connectivity index (χ1) is 8.49. The van der Waals surface area contributed by atoms with Crippen LogP contribution >= 0.6 is 15.9 Å². The van der Waals surface area contributed by atoms with E-state index in [4.69, 9.17) is 5.73 Å². The van der Waals surface area contributed by atoms with Gasteiger partial charge in [0.2, 0.25) is 5.91 Å². The maximum absolute atomic E-state index is 11.9. The van der Waals surface area contributed by atoms with Gasteiger partial charge in [-0.1, -0.05) is 28.1 Å². The highest BCUT2D eigenvalue weighted by atomic mass is 79.9. The molecule has 0 fully saturated rings. The summed E-state index contributed by atoms with van der Waals surface area (Å²) in [6, 6.07) is 8.19. The van der Waals surface area contributed by atoms with E-state index in [1.54, 1.807) is 4.90 Å². The second-order valence-electron chi connectivity index (χ2n) is 4.75. The van der Waals surface area contributed by atoms with Crippen LogP contribution in [0, 0.1) is 0 Å². The van der Waals surface area contributed by atoms with Crippen LogP contribution in [0.15, 0.2) is 28.7 Å². The molecule has 0 heterocycles. The standard InChI is InChI=1S/C14H21BrN2O/c1-11(16)5-3-8-14(18)17(2)10-12-6-4-7-13(15)9-12/h4,6-7,9,11H,3,5,8,10,16H2,1-2H3. The van der Waals surface area contributed by atoms with Gasteiger partial charge < -0.3 is 10.6 Å². The Balaban J connectivity index is 2.40. The molecule has 0 bridgehead atoms. The maximum Gasteiger partial charge on any atom is 0.222 e. The number of amides is 1. The number of hydrogen-bond donors (Lipinski definition) is 1. The van der Waals surface area contributed by atoms with Crippen molar-refractivity contribution in [3.8, 4) is 0 Å². The van der Waals surface area contributed by atoms with Gasteiger partial charge in [0.1, 0.15) is 0 Å². The molecular formula is C14H21BrN2O. The Bertz CT molecular complexity index is 393. The quantitative estimate of drug-likeness (QED) is 0.878. The van der Waals surface area contributed by atoms with Gasteiger partial charge in [-0.05, 0) is 37.5 Å². The minimum atomic E-state index is 0.174. The lowest BCUT2D eigenvalue weighted by Crippen LogP contribution is -2.26. The molecule has 1 aromatic rings. The summed E-state index contributed by atoms with van der Waals surface area (Å²) in [6.45, 7) is 2.62. The normalized spacial score (nSPS) is 12.2. The summed E-state index contributed by atoms with van der Waals surface area (Å²) < 4.78 is 1.04. The van der Waals surface area contributed by atoms with Crippen LogP contribution in [-0.2, 0) is 11.3 Å². The molecule has 0 aliphatic rings. The van der Waals surface area contributed by atoms with Crippen LogP contribution in [0.5, 0.6) is 0 Å². The molecular weight excluding hydrogens is 292 g/mol. The molecule has 4 heteroatoms. The second kappa shape index (κ2) is 7.54. The molecule has 0 spiro atoms. The molecule has 100 valence electrons. The van der Waals surface area contributed by atoms with Crippen LogP contribution in [0.2, 0.25) is 0 Å². The van der Waals surface area contributed by atoms with Gasteiger partial charge in [-0.2, -0.15) is 0 Å². The first kappa shape index (κ1) is 15.2.